The molecule has 4 rings (SSSR count). The van der Waals surface area contributed by atoms with Crippen LogP contribution < -0.4 is 14.2 Å². The molecule has 14 heteroatoms. The molecule has 0 spiro atoms. The van der Waals surface area contributed by atoms with Crippen molar-refractivity contribution in [2.75, 3.05) is 26.4 Å². The Bertz CT molecular complexity index is 1890. The molecule has 0 amide bonds. The summed E-state index contributed by atoms with van der Waals surface area (Å²) in [5.41, 5.74) is 1.55. The highest BCUT2D eigenvalue weighted by Gasteiger charge is 2.22. The second kappa shape index (κ2) is 28.7. The van der Waals surface area contributed by atoms with E-state index in [1.165, 1.54) is 18.2 Å². The van der Waals surface area contributed by atoms with Gasteiger partial charge in [0, 0.05) is 17.2 Å². The van der Waals surface area contributed by atoms with Crippen molar-refractivity contribution in [2.45, 2.75) is 141 Å². The number of hydrogen-bond donors (Lipinski definition) is 0. The minimum atomic E-state index is -0.900. The molecule has 0 saturated heterocycles. The van der Waals surface area contributed by atoms with Gasteiger partial charge in [0.05, 0.1) is 39.3 Å². The number of carbonyl (C=O) groups excluding carboxylic acids is 6. The molecule has 0 heterocycles. The van der Waals surface area contributed by atoms with E-state index in [1.807, 2.05) is 31.2 Å². The lowest BCUT2D eigenvalue weighted by atomic mass is 9.98. The first-order chi connectivity index (χ1) is 31.0. The van der Waals surface area contributed by atoms with Crippen LogP contribution in [0.15, 0.2) is 72.8 Å². The number of hydrogen-bond acceptors (Lipinski definition) is 14. The Morgan fingerprint density at radius 2 is 1.09 bits per heavy atom. The third-order valence-electron chi connectivity index (χ3n) is 10.6. The molecule has 2 aromatic carbocycles. The van der Waals surface area contributed by atoms with Crippen molar-refractivity contribution in [1.82, 2.24) is 0 Å². The Kier molecular flexibility index (Phi) is 22.8. The van der Waals surface area contributed by atoms with Crippen LogP contribution in [0.4, 0.5) is 4.79 Å². The van der Waals surface area contributed by atoms with Crippen LogP contribution >= 0.6 is 0 Å². The highest BCUT2D eigenvalue weighted by molar-refractivity contribution is 5.94. The Morgan fingerprint density at radius 3 is 1.64 bits per heavy atom. The van der Waals surface area contributed by atoms with Crippen LogP contribution in [0.1, 0.15) is 134 Å². The molecule has 0 aliphatic heterocycles. The summed E-state index contributed by atoms with van der Waals surface area (Å²) in [5, 5.41) is 0. The van der Waals surface area contributed by atoms with E-state index >= 15 is 0 Å². The van der Waals surface area contributed by atoms with Crippen molar-refractivity contribution in [2.24, 2.45) is 0 Å². The minimum absolute atomic E-state index is 0.0333. The number of rotatable bonds is 26. The van der Waals surface area contributed by atoms with Gasteiger partial charge in [-0.2, -0.15) is 0 Å². The average Bonchev–Trinajstić information content (AvgIpc) is 3.28. The molecule has 0 unspecified atom stereocenters. The molecule has 0 radical (unpaired) electrons. The van der Waals surface area contributed by atoms with Crippen LogP contribution in [0.25, 0.3) is 6.08 Å². The van der Waals surface area contributed by atoms with E-state index in [1.54, 1.807) is 12.1 Å². The summed E-state index contributed by atoms with van der Waals surface area (Å²) in [6.45, 7) is 10.1. The van der Waals surface area contributed by atoms with Crippen molar-refractivity contribution in [3.05, 3.63) is 84.0 Å². The molecule has 348 valence electrons. The van der Waals surface area contributed by atoms with E-state index in [2.05, 4.69) is 13.2 Å². The SMILES string of the molecule is C=C(CC(=O)OC1CCCCC1)C(=O)OCCCCCCOc1ccc(/C=C/C(=O)Oc2ccc(OC(=O)OCCCCOC(=O)C(=C)CC(=O)OC3CCCCC3)c(CC)c2)cc1. The van der Waals surface area contributed by atoms with Gasteiger partial charge < -0.3 is 37.9 Å². The highest BCUT2D eigenvalue weighted by atomic mass is 16.7. The van der Waals surface area contributed by atoms with Crippen LogP contribution in [0.3, 0.4) is 0 Å². The molecule has 0 bridgehead atoms. The average molecular weight is 889 g/mol. The quantitative estimate of drug-likeness (QED) is 0.0218. The van der Waals surface area contributed by atoms with E-state index in [4.69, 9.17) is 37.9 Å². The molecule has 0 atom stereocenters. The molecule has 2 aliphatic rings. The molecule has 0 aromatic heterocycles. The van der Waals surface area contributed by atoms with Gasteiger partial charge in [0.2, 0.25) is 0 Å². The number of unbranched alkanes of at least 4 members (excludes halogenated alkanes) is 4. The van der Waals surface area contributed by atoms with Crippen LogP contribution in [-0.2, 0) is 54.1 Å². The fourth-order valence-corrected chi connectivity index (χ4v) is 7.06. The normalized spacial score (nSPS) is 14.2. The zero-order valence-corrected chi connectivity index (χ0v) is 37.2. The first-order valence-electron chi connectivity index (χ1n) is 22.7. The van der Waals surface area contributed by atoms with Gasteiger partial charge in [0.25, 0.3) is 0 Å². The number of esters is 5. The van der Waals surface area contributed by atoms with Crippen LogP contribution in [-0.4, -0.2) is 74.6 Å². The summed E-state index contributed by atoms with van der Waals surface area (Å²) in [4.78, 5) is 73.5. The van der Waals surface area contributed by atoms with Gasteiger partial charge in [0.15, 0.2) is 0 Å². The smallest absolute Gasteiger partial charge is 0.494 e. The van der Waals surface area contributed by atoms with Gasteiger partial charge in [0.1, 0.15) is 29.5 Å². The Labute approximate surface area is 376 Å². The van der Waals surface area contributed by atoms with Crippen molar-refractivity contribution in [3.8, 4) is 17.2 Å². The maximum absolute atomic E-state index is 12.6. The second-order valence-corrected chi connectivity index (χ2v) is 15.9. The fraction of sp³-hybridized carbons (Fsp3) is 0.520. The van der Waals surface area contributed by atoms with Crippen LogP contribution in [0.5, 0.6) is 17.2 Å². The maximum atomic E-state index is 12.6. The van der Waals surface area contributed by atoms with E-state index in [0.717, 1.165) is 89.0 Å². The molecule has 2 saturated carbocycles. The number of benzene rings is 2. The monoisotopic (exact) mass is 888 g/mol. The van der Waals surface area contributed by atoms with Crippen molar-refractivity contribution >= 4 is 42.1 Å². The van der Waals surface area contributed by atoms with E-state index < -0.39 is 36.0 Å². The lowest BCUT2D eigenvalue weighted by Gasteiger charge is -2.21. The lowest BCUT2D eigenvalue weighted by Crippen LogP contribution is -2.22. The third kappa shape index (κ3) is 20.1. The van der Waals surface area contributed by atoms with Gasteiger partial charge in [-0.3, -0.25) is 9.59 Å². The van der Waals surface area contributed by atoms with Crippen molar-refractivity contribution in [1.29, 1.82) is 0 Å². The Balaban J connectivity index is 1.03. The molecule has 2 aromatic rings. The molecule has 14 nitrogen and oxygen atoms in total. The van der Waals surface area contributed by atoms with Gasteiger partial charge in [-0.05, 0) is 144 Å². The van der Waals surface area contributed by atoms with E-state index in [0.29, 0.717) is 43.6 Å². The predicted molar refractivity (Wildman–Crippen MR) is 237 cm³/mol. The fourth-order valence-electron chi connectivity index (χ4n) is 7.06. The van der Waals surface area contributed by atoms with Gasteiger partial charge >= 0.3 is 36.0 Å². The second-order valence-electron chi connectivity index (χ2n) is 15.9. The Morgan fingerprint density at radius 1 is 0.594 bits per heavy atom. The van der Waals surface area contributed by atoms with E-state index in [-0.39, 0.29) is 67.5 Å². The summed E-state index contributed by atoms with van der Waals surface area (Å²) < 4.78 is 43.2. The molecule has 64 heavy (non-hydrogen) atoms. The summed E-state index contributed by atoms with van der Waals surface area (Å²) in [7, 11) is 0. The number of ether oxygens (including phenoxy) is 8. The van der Waals surface area contributed by atoms with Crippen LogP contribution in [0.2, 0.25) is 0 Å². The minimum Gasteiger partial charge on any atom is -0.494 e. The largest absolute Gasteiger partial charge is 0.513 e. The molecule has 2 fully saturated rings. The molecule has 0 N–H and O–H groups in total. The van der Waals surface area contributed by atoms with Gasteiger partial charge in [-0.15, -0.1) is 0 Å². The topological polar surface area (TPSA) is 176 Å². The number of aryl methyl sites for hydroxylation is 1. The van der Waals surface area contributed by atoms with E-state index in [9.17, 15) is 28.8 Å². The van der Waals surface area contributed by atoms with Gasteiger partial charge in [-0.25, -0.2) is 19.2 Å². The van der Waals surface area contributed by atoms with Crippen LogP contribution in [0, 0.1) is 0 Å². The summed E-state index contributed by atoms with van der Waals surface area (Å²) in [5.74, 6) is -1.47. The standard InChI is InChI=1S/C50H64O14/c1-4-39-35-43(26-27-44(39)64-50(56)60-32-16-15-31-59-49(55)37(3)34-47(53)62-42-19-11-8-12-20-42)63-45(51)28-23-38-21-24-40(25-22-38)57-29-13-5-6-14-30-58-48(54)36(2)33-46(52)61-41-17-9-7-10-18-41/h21-28,35,41-42H,2-20,29-34H2,1H3/b28-23+. The predicted octanol–water partition coefficient (Wildman–Crippen LogP) is 9.83. The first-order valence-corrected chi connectivity index (χ1v) is 22.7. The molecular weight excluding hydrogens is 825 g/mol. The molecular formula is C50H64O14. The number of carbonyl (C=O) groups is 6. The van der Waals surface area contributed by atoms with Crippen molar-refractivity contribution in [3.63, 3.8) is 0 Å². The third-order valence-corrected chi connectivity index (χ3v) is 10.6. The summed E-state index contributed by atoms with van der Waals surface area (Å²) in [6, 6.07) is 11.9. The molecule has 2 aliphatic carbocycles. The maximum Gasteiger partial charge on any atom is 0.513 e. The summed E-state index contributed by atoms with van der Waals surface area (Å²) in [6.07, 6.45) is 16.0. The van der Waals surface area contributed by atoms with Crippen molar-refractivity contribution < 1.29 is 66.7 Å². The lowest BCUT2D eigenvalue weighted by molar-refractivity contribution is -0.152. The summed E-state index contributed by atoms with van der Waals surface area (Å²) >= 11 is 0. The highest BCUT2D eigenvalue weighted by Crippen LogP contribution is 2.26. The Hall–Kier alpha value is -5.92. The zero-order chi connectivity index (χ0) is 45.9. The van der Waals surface area contributed by atoms with Gasteiger partial charge in [-0.1, -0.05) is 45.1 Å². The zero-order valence-electron chi connectivity index (χ0n) is 37.2. The first kappa shape index (κ1) is 50.7.